The molecule has 3 nitrogen and oxygen atoms in total. The number of likely N-dealkylation sites (tertiary alicyclic amines) is 2. The Balaban J connectivity index is 1.63. The molecule has 2 aliphatic heterocycles. The van der Waals surface area contributed by atoms with Crippen molar-refractivity contribution in [3.8, 4) is 0 Å². The minimum atomic E-state index is 0.409. The molecular formula is C11H18N2O. The van der Waals surface area contributed by atoms with Gasteiger partial charge in [0.2, 0.25) is 5.91 Å². The van der Waals surface area contributed by atoms with Crippen LogP contribution in [0, 0.1) is 17.8 Å². The fraction of sp³-hybridized carbons (Fsp3) is 0.909. The van der Waals surface area contributed by atoms with Crippen LogP contribution in [-0.4, -0.2) is 48.9 Å². The minimum Gasteiger partial charge on any atom is -0.342 e. The molecule has 14 heavy (non-hydrogen) atoms. The first-order chi connectivity index (χ1) is 6.74. The molecule has 2 heterocycles. The van der Waals surface area contributed by atoms with Crippen molar-refractivity contribution in [1.82, 2.24) is 9.80 Å². The van der Waals surface area contributed by atoms with Gasteiger partial charge in [0.1, 0.15) is 0 Å². The van der Waals surface area contributed by atoms with Crippen LogP contribution in [0.25, 0.3) is 0 Å². The molecule has 1 saturated carbocycles. The standard InChI is InChI=1S/C11H18N2O/c1-12-4-9-6-13(7-10(9)5-12)11(14)8-2-3-8/h8-10H,2-7H2,1H3/t9-,10-/m1/s1. The van der Waals surface area contributed by atoms with Crippen molar-refractivity contribution in [2.24, 2.45) is 17.8 Å². The van der Waals surface area contributed by atoms with Gasteiger partial charge in [-0.1, -0.05) is 0 Å². The minimum absolute atomic E-state index is 0.409. The summed E-state index contributed by atoms with van der Waals surface area (Å²) in [6.45, 7) is 4.45. The summed E-state index contributed by atoms with van der Waals surface area (Å²) in [5.74, 6) is 2.39. The second-order valence-electron chi connectivity index (χ2n) is 5.26. The van der Waals surface area contributed by atoms with Crippen LogP contribution >= 0.6 is 0 Å². The predicted molar refractivity (Wildman–Crippen MR) is 53.8 cm³/mol. The van der Waals surface area contributed by atoms with Gasteiger partial charge >= 0.3 is 0 Å². The number of fused-ring (bicyclic) bond motifs is 1. The number of carbonyl (C=O) groups is 1. The van der Waals surface area contributed by atoms with E-state index in [1.165, 1.54) is 13.1 Å². The van der Waals surface area contributed by atoms with Crippen LogP contribution in [0.1, 0.15) is 12.8 Å². The van der Waals surface area contributed by atoms with Crippen LogP contribution in [0.4, 0.5) is 0 Å². The molecule has 0 N–H and O–H groups in total. The fourth-order valence-corrected chi connectivity index (χ4v) is 3.00. The third kappa shape index (κ3) is 1.34. The summed E-state index contributed by atoms with van der Waals surface area (Å²) in [6, 6.07) is 0. The lowest BCUT2D eigenvalue weighted by molar-refractivity contribution is -0.131. The smallest absolute Gasteiger partial charge is 0.225 e. The lowest BCUT2D eigenvalue weighted by atomic mass is 10.0. The van der Waals surface area contributed by atoms with Crippen molar-refractivity contribution in [2.45, 2.75) is 12.8 Å². The number of hydrogen-bond donors (Lipinski definition) is 0. The van der Waals surface area contributed by atoms with Crippen LogP contribution in [0.3, 0.4) is 0 Å². The van der Waals surface area contributed by atoms with E-state index in [1.807, 2.05) is 0 Å². The fourth-order valence-electron chi connectivity index (χ4n) is 3.00. The quantitative estimate of drug-likeness (QED) is 0.604. The van der Waals surface area contributed by atoms with Crippen LogP contribution < -0.4 is 0 Å². The average Bonchev–Trinajstić information content (AvgIpc) is 2.82. The summed E-state index contributed by atoms with van der Waals surface area (Å²) >= 11 is 0. The molecule has 0 aromatic heterocycles. The molecule has 2 atom stereocenters. The maximum Gasteiger partial charge on any atom is 0.225 e. The highest BCUT2D eigenvalue weighted by atomic mass is 16.2. The van der Waals surface area contributed by atoms with Gasteiger partial charge in [0.25, 0.3) is 0 Å². The summed E-state index contributed by atoms with van der Waals surface area (Å²) < 4.78 is 0. The Kier molecular flexibility index (Phi) is 1.84. The molecule has 0 radical (unpaired) electrons. The first kappa shape index (κ1) is 8.72. The summed E-state index contributed by atoms with van der Waals surface area (Å²) in [4.78, 5) is 16.4. The number of rotatable bonds is 1. The summed E-state index contributed by atoms with van der Waals surface area (Å²) in [7, 11) is 2.19. The maximum atomic E-state index is 11.8. The summed E-state index contributed by atoms with van der Waals surface area (Å²) in [5.41, 5.74) is 0. The van der Waals surface area contributed by atoms with Crippen LogP contribution in [0.5, 0.6) is 0 Å². The van der Waals surface area contributed by atoms with Gasteiger partial charge in [0.15, 0.2) is 0 Å². The molecule has 3 aliphatic rings. The highest BCUT2D eigenvalue weighted by Gasteiger charge is 2.43. The zero-order valence-corrected chi connectivity index (χ0v) is 8.78. The molecule has 0 spiro atoms. The molecule has 1 amide bonds. The van der Waals surface area contributed by atoms with Gasteiger partial charge in [-0.3, -0.25) is 4.79 Å². The van der Waals surface area contributed by atoms with Crippen LogP contribution in [-0.2, 0) is 4.79 Å². The van der Waals surface area contributed by atoms with Gasteiger partial charge in [-0.25, -0.2) is 0 Å². The number of hydrogen-bond acceptors (Lipinski definition) is 2. The van der Waals surface area contributed by atoms with Gasteiger partial charge in [-0.15, -0.1) is 0 Å². The van der Waals surface area contributed by atoms with Crippen LogP contribution in [0.2, 0.25) is 0 Å². The Morgan fingerprint density at radius 3 is 2.14 bits per heavy atom. The van der Waals surface area contributed by atoms with Crippen LogP contribution in [0.15, 0.2) is 0 Å². The molecule has 2 saturated heterocycles. The molecule has 1 aliphatic carbocycles. The van der Waals surface area contributed by atoms with Crippen molar-refractivity contribution in [2.75, 3.05) is 33.2 Å². The van der Waals surface area contributed by atoms with E-state index in [0.29, 0.717) is 11.8 Å². The molecule has 0 aromatic rings. The van der Waals surface area contributed by atoms with Gasteiger partial charge in [0.05, 0.1) is 0 Å². The first-order valence-corrected chi connectivity index (χ1v) is 5.71. The zero-order valence-electron chi connectivity index (χ0n) is 8.78. The Morgan fingerprint density at radius 1 is 1.07 bits per heavy atom. The van der Waals surface area contributed by atoms with Crippen molar-refractivity contribution in [3.05, 3.63) is 0 Å². The van der Waals surface area contributed by atoms with Gasteiger partial charge < -0.3 is 9.80 Å². The highest BCUT2D eigenvalue weighted by molar-refractivity contribution is 5.81. The molecule has 3 fully saturated rings. The molecule has 3 rings (SSSR count). The predicted octanol–water partition coefficient (Wildman–Crippen LogP) is 0.416. The summed E-state index contributed by atoms with van der Waals surface area (Å²) in [6.07, 6.45) is 2.29. The lowest BCUT2D eigenvalue weighted by Crippen LogP contribution is -2.33. The molecule has 0 unspecified atom stereocenters. The Hall–Kier alpha value is -0.570. The second-order valence-corrected chi connectivity index (χ2v) is 5.26. The van der Waals surface area contributed by atoms with Gasteiger partial charge in [-0.05, 0) is 31.7 Å². The lowest BCUT2D eigenvalue weighted by Gasteiger charge is -2.19. The topological polar surface area (TPSA) is 23.6 Å². The third-order valence-electron chi connectivity index (χ3n) is 3.91. The second kappa shape index (κ2) is 2.96. The van der Waals surface area contributed by atoms with E-state index >= 15 is 0 Å². The molecule has 78 valence electrons. The number of carbonyl (C=O) groups excluding carboxylic acids is 1. The SMILES string of the molecule is CN1C[C@@H]2CN(C(=O)C3CC3)C[C@H]2C1. The molecule has 0 bridgehead atoms. The van der Waals surface area contributed by atoms with Crippen molar-refractivity contribution in [1.29, 1.82) is 0 Å². The van der Waals surface area contributed by atoms with E-state index in [4.69, 9.17) is 0 Å². The maximum absolute atomic E-state index is 11.8. The molecule has 3 heteroatoms. The first-order valence-electron chi connectivity index (χ1n) is 5.71. The summed E-state index contributed by atoms with van der Waals surface area (Å²) in [5, 5.41) is 0. The highest BCUT2D eigenvalue weighted by Crippen LogP contribution is 2.36. The van der Waals surface area contributed by atoms with E-state index in [0.717, 1.165) is 37.8 Å². The largest absolute Gasteiger partial charge is 0.342 e. The molecular weight excluding hydrogens is 176 g/mol. The van der Waals surface area contributed by atoms with Gasteiger partial charge in [0, 0.05) is 32.1 Å². The van der Waals surface area contributed by atoms with E-state index in [9.17, 15) is 4.79 Å². The Bertz CT molecular complexity index is 248. The van der Waals surface area contributed by atoms with E-state index in [2.05, 4.69) is 16.8 Å². The zero-order chi connectivity index (χ0) is 9.71. The van der Waals surface area contributed by atoms with E-state index < -0.39 is 0 Å². The van der Waals surface area contributed by atoms with Crippen molar-refractivity contribution >= 4 is 5.91 Å². The normalized spacial score (nSPS) is 37.6. The van der Waals surface area contributed by atoms with E-state index in [-0.39, 0.29) is 0 Å². The third-order valence-corrected chi connectivity index (χ3v) is 3.91. The Labute approximate surface area is 85.1 Å². The Morgan fingerprint density at radius 2 is 1.64 bits per heavy atom. The van der Waals surface area contributed by atoms with Crippen molar-refractivity contribution in [3.63, 3.8) is 0 Å². The van der Waals surface area contributed by atoms with Gasteiger partial charge in [-0.2, -0.15) is 0 Å². The number of nitrogens with zero attached hydrogens (tertiary/aromatic N) is 2. The van der Waals surface area contributed by atoms with E-state index in [1.54, 1.807) is 0 Å². The number of amides is 1. The average molecular weight is 194 g/mol. The monoisotopic (exact) mass is 194 g/mol. The van der Waals surface area contributed by atoms with Crippen molar-refractivity contribution < 1.29 is 4.79 Å². The molecule has 0 aromatic carbocycles.